The van der Waals surface area contributed by atoms with Crippen LogP contribution in [0.25, 0.3) is 11.5 Å². The van der Waals surface area contributed by atoms with Crippen LogP contribution in [0.1, 0.15) is 30.4 Å². The molecule has 1 saturated carbocycles. The van der Waals surface area contributed by atoms with E-state index in [-0.39, 0.29) is 0 Å². The molecule has 0 spiro atoms. The van der Waals surface area contributed by atoms with Gasteiger partial charge in [-0.3, -0.25) is 4.98 Å². The van der Waals surface area contributed by atoms with Crippen LogP contribution in [-0.4, -0.2) is 29.7 Å². The lowest BCUT2D eigenvalue weighted by Crippen LogP contribution is -2.09. The number of nitrogens with one attached hydrogen (secondary N) is 1. The molecule has 0 bridgehead atoms. The molecule has 0 amide bonds. The summed E-state index contributed by atoms with van der Waals surface area (Å²) in [4.78, 5) is 13.3. The minimum atomic E-state index is 0.568. The third kappa shape index (κ3) is 3.03. The molecular formula is C16H17N7. The van der Waals surface area contributed by atoms with Crippen LogP contribution < -0.4 is 5.32 Å². The van der Waals surface area contributed by atoms with E-state index in [0.717, 1.165) is 23.0 Å². The second kappa shape index (κ2) is 5.75. The summed E-state index contributed by atoms with van der Waals surface area (Å²) in [5.74, 6) is 2.32. The largest absolute Gasteiger partial charge is 0.363 e. The molecule has 3 heterocycles. The van der Waals surface area contributed by atoms with Gasteiger partial charge in [0.15, 0.2) is 11.6 Å². The summed E-state index contributed by atoms with van der Waals surface area (Å²) in [6, 6.07) is 8.20. The molecule has 1 aliphatic rings. The average Bonchev–Trinajstić information content (AvgIpc) is 3.31. The quantitative estimate of drug-likeness (QED) is 0.779. The molecule has 0 aromatic carbocycles. The molecule has 3 aromatic heterocycles. The predicted molar refractivity (Wildman–Crippen MR) is 85.6 cm³/mol. The van der Waals surface area contributed by atoms with Gasteiger partial charge in [-0.05, 0) is 31.9 Å². The molecule has 0 unspecified atom stereocenters. The van der Waals surface area contributed by atoms with Gasteiger partial charge in [0.2, 0.25) is 0 Å². The van der Waals surface area contributed by atoms with E-state index in [9.17, 15) is 0 Å². The first-order valence-electron chi connectivity index (χ1n) is 7.69. The van der Waals surface area contributed by atoms with E-state index in [4.69, 9.17) is 0 Å². The van der Waals surface area contributed by atoms with Gasteiger partial charge in [-0.2, -0.15) is 0 Å². The first-order valence-corrected chi connectivity index (χ1v) is 7.69. The minimum Gasteiger partial charge on any atom is -0.363 e. The fourth-order valence-electron chi connectivity index (χ4n) is 2.49. The fourth-order valence-corrected chi connectivity index (χ4v) is 2.49. The molecule has 116 valence electrons. The average molecular weight is 307 g/mol. The Kier molecular flexibility index (Phi) is 3.45. The molecule has 0 saturated heterocycles. The molecule has 7 heteroatoms. The second-order valence-electron chi connectivity index (χ2n) is 5.67. The zero-order chi connectivity index (χ0) is 15.6. The van der Waals surface area contributed by atoms with Crippen molar-refractivity contribution in [2.45, 2.75) is 32.4 Å². The van der Waals surface area contributed by atoms with Gasteiger partial charge in [0, 0.05) is 24.0 Å². The van der Waals surface area contributed by atoms with Crippen molar-refractivity contribution >= 4 is 5.82 Å². The molecule has 4 rings (SSSR count). The number of pyridine rings is 1. The maximum Gasteiger partial charge on any atom is 0.180 e. The Bertz CT molecular complexity index is 808. The molecule has 0 atom stereocenters. The first-order chi connectivity index (χ1) is 11.3. The number of nitrogens with zero attached hydrogens (tertiary/aromatic N) is 6. The highest BCUT2D eigenvalue weighted by Gasteiger charge is 2.25. The topological polar surface area (TPSA) is 81.4 Å². The number of aryl methyl sites for hydroxylation is 1. The number of rotatable bonds is 5. The maximum absolute atomic E-state index is 4.55. The third-order valence-electron chi connectivity index (χ3n) is 3.76. The Labute approximate surface area is 133 Å². The van der Waals surface area contributed by atoms with Gasteiger partial charge in [0.05, 0.1) is 6.54 Å². The normalized spacial score (nSPS) is 14.0. The fraction of sp³-hybridized carbons (Fsp3) is 0.312. The van der Waals surface area contributed by atoms with Gasteiger partial charge >= 0.3 is 0 Å². The van der Waals surface area contributed by atoms with Crippen molar-refractivity contribution in [2.75, 3.05) is 5.32 Å². The van der Waals surface area contributed by atoms with Crippen molar-refractivity contribution in [1.82, 2.24) is 29.7 Å². The Morgan fingerprint density at radius 3 is 2.96 bits per heavy atom. The molecule has 1 aliphatic carbocycles. The first kappa shape index (κ1) is 13.8. The SMILES string of the molecule is Cc1cc(NCc2nncn2C2CC2)nc(-c2ccccn2)n1. The molecule has 23 heavy (non-hydrogen) atoms. The monoisotopic (exact) mass is 307 g/mol. The summed E-state index contributed by atoms with van der Waals surface area (Å²) < 4.78 is 2.14. The number of hydrogen-bond acceptors (Lipinski definition) is 6. The molecule has 1 fully saturated rings. The Balaban J connectivity index is 1.55. The molecule has 0 radical (unpaired) electrons. The summed E-state index contributed by atoms with van der Waals surface area (Å²) in [5.41, 5.74) is 1.66. The van der Waals surface area contributed by atoms with Crippen LogP contribution in [0.15, 0.2) is 36.8 Å². The highest BCUT2D eigenvalue weighted by atomic mass is 15.3. The summed E-state index contributed by atoms with van der Waals surface area (Å²) in [6.45, 7) is 2.54. The van der Waals surface area contributed by atoms with Gasteiger partial charge in [0.25, 0.3) is 0 Å². The van der Waals surface area contributed by atoms with Crippen molar-refractivity contribution in [1.29, 1.82) is 0 Å². The summed E-state index contributed by atoms with van der Waals surface area (Å²) >= 11 is 0. The van der Waals surface area contributed by atoms with E-state index < -0.39 is 0 Å². The van der Waals surface area contributed by atoms with Gasteiger partial charge < -0.3 is 9.88 Å². The summed E-state index contributed by atoms with van der Waals surface area (Å²) in [5, 5.41) is 11.5. The Hall–Kier alpha value is -2.83. The van der Waals surface area contributed by atoms with Gasteiger partial charge in [0.1, 0.15) is 17.8 Å². The third-order valence-corrected chi connectivity index (χ3v) is 3.76. The van der Waals surface area contributed by atoms with E-state index in [0.29, 0.717) is 18.4 Å². The smallest absolute Gasteiger partial charge is 0.180 e. The molecular weight excluding hydrogens is 290 g/mol. The molecule has 3 aromatic rings. The van der Waals surface area contributed by atoms with Crippen LogP contribution >= 0.6 is 0 Å². The number of anilines is 1. The lowest BCUT2D eigenvalue weighted by Gasteiger charge is -2.09. The van der Waals surface area contributed by atoms with E-state index in [2.05, 4.69) is 35.0 Å². The van der Waals surface area contributed by atoms with Crippen LogP contribution in [0.5, 0.6) is 0 Å². The maximum atomic E-state index is 4.55. The zero-order valence-electron chi connectivity index (χ0n) is 12.8. The Morgan fingerprint density at radius 2 is 2.17 bits per heavy atom. The van der Waals surface area contributed by atoms with Crippen molar-refractivity contribution in [3.8, 4) is 11.5 Å². The molecule has 7 nitrogen and oxygen atoms in total. The van der Waals surface area contributed by atoms with E-state index in [1.54, 1.807) is 12.5 Å². The highest BCUT2D eigenvalue weighted by molar-refractivity contribution is 5.52. The Morgan fingerprint density at radius 1 is 1.26 bits per heavy atom. The van der Waals surface area contributed by atoms with E-state index in [1.807, 2.05) is 31.2 Å². The standard InChI is InChI=1S/C16H17N7/c1-11-8-14(21-16(20-11)13-4-2-3-7-17-13)18-9-15-22-19-10-23(15)12-5-6-12/h2-4,7-8,10,12H,5-6,9H2,1H3,(H,18,20,21). The van der Waals surface area contributed by atoms with Crippen LogP contribution in [-0.2, 0) is 6.54 Å². The van der Waals surface area contributed by atoms with Crippen LogP contribution in [0, 0.1) is 6.92 Å². The second-order valence-corrected chi connectivity index (χ2v) is 5.67. The lowest BCUT2D eigenvalue weighted by molar-refractivity contribution is 0.689. The molecule has 0 aliphatic heterocycles. The lowest BCUT2D eigenvalue weighted by atomic mass is 10.3. The number of aromatic nitrogens is 6. The van der Waals surface area contributed by atoms with E-state index >= 15 is 0 Å². The zero-order valence-corrected chi connectivity index (χ0v) is 12.8. The van der Waals surface area contributed by atoms with Crippen LogP contribution in [0.3, 0.4) is 0 Å². The van der Waals surface area contributed by atoms with Crippen LogP contribution in [0.2, 0.25) is 0 Å². The van der Waals surface area contributed by atoms with Crippen molar-refractivity contribution in [3.63, 3.8) is 0 Å². The van der Waals surface area contributed by atoms with Crippen molar-refractivity contribution in [2.24, 2.45) is 0 Å². The minimum absolute atomic E-state index is 0.568. The van der Waals surface area contributed by atoms with Crippen molar-refractivity contribution < 1.29 is 0 Å². The van der Waals surface area contributed by atoms with E-state index in [1.165, 1.54) is 12.8 Å². The highest BCUT2D eigenvalue weighted by Crippen LogP contribution is 2.35. The van der Waals surface area contributed by atoms with Crippen LogP contribution in [0.4, 0.5) is 5.82 Å². The van der Waals surface area contributed by atoms with Gasteiger partial charge in [-0.1, -0.05) is 6.07 Å². The van der Waals surface area contributed by atoms with Crippen molar-refractivity contribution in [3.05, 3.63) is 48.3 Å². The summed E-state index contributed by atoms with van der Waals surface area (Å²) in [7, 11) is 0. The van der Waals surface area contributed by atoms with Gasteiger partial charge in [-0.25, -0.2) is 9.97 Å². The summed E-state index contributed by atoms with van der Waals surface area (Å²) in [6.07, 6.45) is 5.97. The predicted octanol–water partition coefficient (Wildman–Crippen LogP) is 2.39. The van der Waals surface area contributed by atoms with Gasteiger partial charge in [-0.15, -0.1) is 10.2 Å². The number of hydrogen-bond donors (Lipinski definition) is 1. The molecule has 1 N–H and O–H groups in total.